The Bertz CT molecular complexity index is 166. The van der Waals surface area contributed by atoms with Crippen LogP contribution in [0.25, 0.3) is 0 Å². The molecule has 0 aromatic heterocycles. The fraction of sp³-hybridized carbons (Fsp3) is 0.750. The third kappa shape index (κ3) is 7.72. The van der Waals surface area contributed by atoms with E-state index in [2.05, 4.69) is 15.9 Å². The molecule has 0 bridgehead atoms. The first kappa shape index (κ1) is 11.6. The van der Waals surface area contributed by atoms with Crippen molar-refractivity contribution in [3.05, 3.63) is 0 Å². The van der Waals surface area contributed by atoms with Crippen molar-refractivity contribution < 1.29 is 14.3 Å². The summed E-state index contributed by atoms with van der Waals surface area (Å²) in [6.07, 6.45) is 0.463. The minimum Gasteiger partial charge on any atom is -0.464 e. The summed E-state index contributed by atoms with van der Waals surface area (Å²) in [5, 5.41) is 0. The van der Waals surface area contributed by atoms with Crippen molar-refractivity contribution in [2.75, 3.05) is 6.61 Å². The number of esters is 1. The molecule has 1 unspecified atom stereocenters. The quantitative estimate of drug-likeness (QED) is 0.539. The van der Waals surface area contributed by atoms with Crippen LogP contribution >= 0.6 is 15.9 Å². The number of hydrogen-bond acceptors (Lipinski definition) is 3. The molecule has 0 radical (unpaired) electrons. The fourth-order valence-electron chi connectivity index (χ4n) is 0.558. The van der Waals surface area contributed by atoms with E-state index in [-0.39, 0.29) is 29.4 Å². The molecule has 0 amide bonds. The molecule has 12 heavy (non-hydrogen) atoms. The van der Waals surface area contributed by atoms with Crippen molar-refractivity contribution in [3.63, 3.8) is 0 Å². The van der Waals surface area contributed by atoms with E-state index in [0.717, 1.165) is 0 Å². The lowest BCUT2D eigenvalue weighted by Gasteiger charge is -2.04. The summed E-state index contributed by atoms with van der Waals surface area (Å²) in [5.74, 6) is -0.296. The number of ether oxygens (including phenoxy) is 1. The van der Waals surface area contributed by atoms with E-state index in [1.807, 2.05) is 6.92 Å². The zero-order valence-corrected chi connectivity index (χ0v) is 8.89. The van der Waals surface area contributed by atoms with Gasteiger partial charge in [-0.3, -0.25) is 4.79 Å². The lowest BCUT2D eigenvalue weighted by Crippen LogP contribution is -2.11. The second kappa shape index (κ2) is 6.17. The Kier molecular flexibility index (Phi) is 5.98. The Morgan fingerprint density at radius 3 is 2.42 bits per heavy atom. The summed E-state index contributed by atoms with van der Waals surface area (Å²) in [6.45, 7) is 3.70. The van der Waals surface area contributed by atoms with Crippen LogP contribution in [0.15, 0.2) is 0 Å². The van der Waals surface area contributed by atoms with E-state index >= 15 is 0 Å². The van der Waals surface area contributed by atoms with E-state index < -0.39 is 0 Å². The summed E-state index contributed by atoms with van der Waals surface area (Å²) in [7, 11) is 0. The first-order valence-electron chi connectivity index (χ1n) is 3.81. The Hall–Kier alpha value is -0.380. The molecule has 0 rings (SSSR count). The summed E-state index contributed by atoms with van der Waals surface area (Å²) >= 11 is 3.24. The molecule has 0 aliphatic heterocycles. The predicted molar refractivity (Wildman–Crippen MR) is 49.3 cm³/mol. The first-order chi connectivity index (χ1) is 5.52. The number of hydrogen-bond donors (Lipinski definition) is 0. The molecule has 4 heteroatoms. The number of carbonyl (C=O) groups is 2. The molecular weight excluding hydrogens is 224 g/mol. The van der Waals surface area contributed by atoms with Gasteiger partial charge in [-0.05, 0) is 13.8 Å². The molecule has 0 aromatic carbocycles. The average Bonchev–Trinajstić information content (AvgIpc) is 1.96. The molecule has 0 saturated carbocycles. The highest BCUT2D eigenvalue weighted by Gasteiger charge is 2.05. The topological polar surface area (TPSA) is 43.4 Å². The highest BCUT2D eigenvalue weighted by Crippen LogP contribution is 2.00. The van der Waals surface area contributed by atoms with Crippen molar-refractivity contribution in [1.82, 2.24) is 0 Å². The summed E-state index contributed by atoms with van der Waals surface area (Å²) in [6, 6.07) is 0. The second-order valence-electron chi connectivity index (χ2n) is 2.67. The SMILES string of the molecule is CC(=O)CCC(=O)OCC(C)Br. The van der Waals surface area contributed by atoms with Gasteiger partial charge in [0.15, 0.2) is 0 Å². The molecule has 0 aliphatic rings. The summed E-state index contributed by atoms with van der Waals surface area (Å²) < 4.78 is 4.82. The lowest BCUT2D eigenvalue weighted by atomic mass is 10.2. The van der Waals surface area contributed by atoms with Gasteiger partial charge in [0.1, 0.15) is 12.4 Å². The minimum atomic E-state index is -0.309. The van der Waals surface area contributed by atoms with Crippen molar-refractivity contribution >= 4 is 27.7 Å². The highest BCUT2D eigenvalue weighted by atomic mass is 79.9. The van der Waals surface area contributed by atoms with E-state index in [1.165, 1.54) is 6.92 Å². The normalized spacial score (nSPS) is 12.2. The van der Waals surface area contributed by atoms with Crippen LogP contribution in [0, 0.1) is 0 Å². The maximum atomic E-state index is 10.9. The van der Waals surface area contributed by atoms with E-state index in [9.17, 15) is 9.59 Å². The predicted octanol–water partition coefficient (Wildman–Crippen LogP) is 1.68. The summed E-state index contributed by atoms with van der Waals surface area (Å²) in [5.41, 5.74) is 0. The minimum absolute atomic E-state index is 0.0128. The smallest absolute Gasteiger partial charge is 0.306 e. The molecule has 1 atom stereocenters. The number of ketones is 1. The van der Waals surface area contributed by atoms with Gasteiger partial charge in [0.25, 0.3) is 0 Å². The summed E-state index contributed by atoms with van der Waals surface area (Å²) in [4.78, 5) is 21.5. The largest absolute Gasteiger partial charge is 0.464 e. The Morgan fingerprint density at radius 2 is 2.00 bits per heavy atom. The molecule has 0 heterocycles. The van der Waals surface area contributed by atoms with Crippen LogP contribution in [-0.4, -0.2) is 23.2 Å². The van der Waals surface area contributed by atoms with Crippen LogP contribution in [0.2, 0.25) is 0 Å². The number of carbonyl (C=O) groups excluding carboxylic acids is 2. The zero-order valence-electron chi connectivity index (χ0n) is 7.30. The standard InChI is InChI=1S/C8H13BrO3/c1-6(9)5-12-8(11)4-3-7(2)10/h6H,3-5H2,1-2H3. The van der Waals surface area contributed by atoms with Crippen molar-refractivity contribution in [1.29, 1.82) is 0 Å². The van der Waals surface area contributed by atoms with E-state index in [4.69, 9.17) is 4.74 Å². The van der Waals surface area contributed by atoms with Gasteiger partial charge in [-0.1, -0.05) is 15.9 Å². The third-order valence-corrected chi connectivity index (χ3v) is 1.42. The number of rotatable bonds is 5. The fourth-order valence-corrected chi connectivity index (χ4v) is 0.690. The molecule has 0 aliphatic carbocycles. The maximum absolute atomic E-state index is 10.9. The number of Topliss-reactive ketones (excluding diaryl/α,β-unsaturated/α-hetero) is 1. The first-order valence-corrected chi connectivity index (χ1v) is 4.73. The molecule has 0 aromatic rings. The van der Waals surface area contributed by atoms with Crippen molar-refractivity contribution in [3.8, 4) is 0 Å². The van der Waals surface area contributed by atoms with Gasteiger partial charge in [0.2, 0.25) is 0 Å². The molecule has 0 N–H and O–H groups in total. The van der Waals surface area contributed by atoms with Gasteiger partial charge in [-0.2, -0.15) is 0 Å². The monoisotopic (exact) mass is 236 g/mol. The Balaban J connectivity index is 3.40. The van der Waals surface area contributed by atoms with Crippen LogP contribution < -0.4 is 0 Å². The zero-order chi connectivity index (χ0) is 9.56. The highest BCUT2D eigenvalue weighted by molar-refractivity contribution is 9.09. The molecular formula is C8H13BrO3. The van der Waals surface area contributed by atoms with Crippen LogP contribution in [0.5, 0.6) is 0 Å². The van der Waals surface area contributed by atoms with Gasteiger partial charge in [0.05, 0.1) is 6.42 Å². The molecule has 3 nitrogen and oxygen atoms in total. The van der Waals surface area contributed by atoms with Gasteiger partial charge < -0.3 is 9.53 Å². The van der Waals surface area contributed by atoms with Crippen molar-refractivity contribution in [2.24, 2.45) is 0 Å². The van der Waals surface area contributed by atoms with Crippen LogP contribution in [-0.2, 0) is 14.3 Å². The van der Waals surface area contributed by atoms with Crippen molar-refractivity contribution in [2.45, 2.75) is 31.5 Å². The van der Waals surface area contributed by atoms with Gasteiger partial charge >= 0.3 is 5.97 Å². The maximum Gasteiger partial charge on any atom is 0.306 e. The van der Waals surface area contributed by atoms with Gasteiger partial charge in [0, 0.05) is 11.2 Å². The van der Waals surface area contributed by atoms with E-state index in [1.54, 1.807) is 0 Å². The van der Waals surface area contributed by atoms with E-state index in [0.29, 0.717) is 6.61 Å². The van der Waals surface area contributed by atoms with Gasteiger partial charge in [-0.15, -0.1) is 0 Å². The van der Waals surface area contributed by atoms with Gasteiger partial charge in [-0.25, -0.2) is 0 Å². The van der Waals surface area contributed by atoms with Crippen LogP contribution in [0.4, 0.5) is 0 Å². The second-order valence-corrected chi connectivity index (χ2v) is 4.23. The van der Waals surface area contributed by atoms with Crippen LogP contribution in [0.3, 0.4) is 0 Å². The number of halogens is 1. The molecule has 70 valence electrons. The molecule has 0 fully saturated rings. The lowest BCUT2D eigenvalue weighted by molar-refractivity contribution is -0.144. The molecule has 0 saturated heterocycles. The van der Waals surface area contributed by atoms with Crippen LogP contribution in [0.1, 0.15) is 26.7 Å². The number of alkyl halides is 1. The third-order valence-electron chi connectivity index (χ3n) is 1.16. The Morgan fingerprint density at radius 1 is 1.42 bits per heavy atom. The Labute approximate surface area is 80.6 Å². The average molecular weight is 237 g/mol. The molecule has 0 spiro atoms.